The van der Waals surface area contributed by atoms with E-state index in [0.717, 1.165) is 0 Å². The van der Waals surface area contributed by atoms with Crippen molar-refractivity contribution in [2.45, 2.75) is 6.42 Å². The van der Waals surface area contributed by atoms with Crippen molar-refractivity contribution in [2.24, 2.45) is 0 Å². The molecule has 0 unspecified atom stereocenters. The molecule has 0 aromatic heterocycles. The predicted octanol–water partition coefficient (Wildman–Crippen LogP) is 0.180. The molecule has 3 nitrogen and oxygen atoms in total. The summed E-state index contributed by atoms with van der Waals surface area (Å²) >= 11 is 1.98. The van der Waals surface area contributed by atoms with Crippen molar-refractivity contribution in [1.29, 1.82) is 0 Å². The number of carbonyl (C=O) groups excluding carboxylic acids is 2. The summed E-state index contributed by atoms with van der Waals surface area (Å²) in [6.07, 6.45) is 0.138. The van der Waals surface area contributed by atoms with Gasteiger partial charge in [0.25, 0.3) is 0 Å². The fourth-order valence-corrected chi connectivity index (χ4v) is 1.53. The van der Waals surface area contributed by atoms with E-state index >= 15 is 0 Å². The van der Waals surface area contributed by atoms with E-state index in [1.54, 1.807) is 3.11 Å². The topological polar surface area (TPSA) is 37.4 Å². The molecular formula is C5H6INO2. The zero-order valence-electron chi connectivity index (χ0n) is 4.76. The first-order valence-electron chi connectivity index (χ1n) is 2.62. The van der Waals surface area contributed by atoms with Crippen LogP contribution in [0.2, 0.25) is 0 Å². The third kappa shape index (κ3) is 2.02. The number of piperidine rings is 1. The maximum absolute atomic E-state index is 10.6. The first-order chi connectivity index (χ1) is 4.18. The van der Waals surface area contributed by atoms with Crippen molar-refractivity contribution in [2.75, 3.05) is 13.1 Å². The Hall–Kier alpha value is 0.0300. The van der Waals surface area contributed by atoms with Gasteiger partial charge in [-0.25, -0.2) is 3.11 Å². The lowest BCUT2D eigenvalue weighted by atomic mass is 10.1. The van der Waals surface area contributed by atoms with Crippen LogP contribution in [0, 0.1) is 0 Å². The average Bonchev–Trinajstić information content (AvgIpc) is 1.59. The van der Waals surface area contributed by atoms with Crippen LogP contribution in [0.5, 0.6) is 0 Å². The smallest absolute Gasteiger partial charge is 0.155 e. The van der Waals surface area contributed by atoms with Gasteiger partial charge in [-0.05, 0) is 0 Å². The van der Waals surface area contributed by atoms with Gasteiger partial charge in [-0.2, -0.15) is 0 Å². The molecule has 0 aliphatic carbocycles. The average molecular weight is 239 g/mol. The van der Waals surface area contributed by atoms with Gasteiger partial charge in [-0.1, -0.05) is 0 Å². The van der Waals surface area contributed by atoms with Gasteiger partial charge in [0.15, 0.2) is 11.6 Å². The second-order valence-corrected chi connectivity index (χ2v) is 3.40. The number of carbonyl (C=O) groups is 2. The SMILES string of the molecule is O=C1CC(=O)CN(I)C1. The number of ketones is 2. The molecule has 9 heavy (non-hydrogen) atoms. The van der Waals surface area contributed by atoms with Crippen LogP contribution in [0.25, 0.3) is 0 Å². The van der Waals surface area contributed by atoms with Gasteiger partial charge in [0.1, 0.15) is 0 Å². The number of hydrogen-bond donors (Lipinski definition) is 0. The van der Waals surface area contributed by atoms with Crippen LogP contribution < -0.4 is 0 Å². The lowest BCUT2D eigenvalue weighted by molar-refractivity contribution is -0.129. The Bertz CT molecular complexity index is 141. The highest BCUT2D eigenvalue weighted by molar-refractivity contribution is 14.1. The standard InChI is InChI=1S/C5H6INO2/c6-7-2-4(8)1-5(9)3-7/h1-3H2. The van der Waals surface area contributed by atoms with E-state index in [4.69, 9.17) is 0 Å². The summed E-state index contributed by atoms with van der Waals surface area (Å²) in [5.74, 6) is 0.0568. The van der Waals surface area contributed by atoms with Gasteiger partial charge in [-0.15, -0.1) is 0 Å². The fraction of sp³-hybridized carbons (Fsp3) is 0.600. The van der Waals surface area contributed by atoms with E-state index in [0.29, 0.717) is 13.1 Å². The summed E-state index contributed by atoms with van der Waals surface area (Å²) in [7, 11) is 0. The van der Waals surface area contributed by atoms with Gasteiger partial charge in [0.2, 0.25) is 0 Å². The molecule has 0 spiro atoms. The molecule has 1 heterocycles. The fourth-order valence-electron chi connectivity index (χ4n) is 0.770. The molecule has 0 amide bonds. The first kappa shape index (κ1) is 7.14. The van der Waals surface area contributed by atoms with E-state index in [1.165, 1.54) is 0 Å². The zero-order chi connectivity index (χ0) is 6.85. The maximum Gasteiger partial charge on any atom is 0.155 e. The van der Waals surface area contributed by atoms with Crippen molar-refractivity contribution >= 4 is 34.4 Å². The molecule has 50 valence electrons. The van der Waals surface area contributed by atoms with Crippen molar-refractivity contribution < 1.29 is 9.59 Å². The van der Waals surface area contributed by atoms with Crippen molar-refractivity contribution in [3.8, 4) is 0 Å². The van der Waals surface area contributed by atoms with E-state index in [2.05, 4.69) is 0 Å². The summed E-state index contributed by atoms with van der Waals surface area (Å²) in [5.41, 5.74) is 0. The molecule has 0 radical (unpaired) electrons. The summed E-state index contributed by atoms with van der Waals surface area (Å²) in [6.45, 7) is 0.846. The molecule has 0 atom stereocenters. The molecule has 1 fully saturated rings. The molecule has 1 rings (SSSR count). The van der Waals surface area contributed by atoms with Crippen LogP contribution in [0.1, 0.15) is 6.42 Å². The van der Waals surface area contributed by atoms with Crippen LogP contribution in [0.4, 0.5) is 0 Å². The van der Waals surface area contributed by atoms with Gasteiger partial charge < -0.3 is 0 Å². The minimum atomic E-state index is 0.0284. The van der Waals surface area contributed by atoms with Crippen molar-refractivity contribution in [3.63, 3.8) is 0 Å². The minimum absolute atomic E-state index is 0.0284. The van der Waals surface area contributed by atoms with Crippen LogP contribution in [0.15, 0.2) is 0 Å². The van der Waals surface area contributed by atoms with E-state index in [-0.39, 0.29) is 18.0 Å². The maximum atomic E-state index is 10.6. The number of nitrogens with zero attached hydrogens (tertiary/aromatic N) is 1. The van der Waals surface area contributed by atoms with Gasteiger partial charge in [0, 0.05) is 22.9 Å². The monoisotopic (exact) mass is 239 g/mol. The van der Waals surface area contributed by atoms with E-state index in [1.807, 2.05) is 22.9 Å². The highest BCUT2D eigenvalue weighted by Gasteiger charge is 2.20. The quantitative estimate of drug-likeness (QED) is 0.344. The van der Waals surface area contributed by atoms with E-state index < -0.39 is 0 Å². The Morgan fingerprint density at radius 2 is 1.67 bits per heavy atom. The first-order valence-corrected chi connectivity index (χ1v) is 3.59. The molecular weight excluding hydrogens is 233 g/mol. The molecule has 0 aromatic rings. The van der Waals surface area contributed by atoms with Crippen LogP contribution in [-0.2, 0) is 9.59 Å². The third-order valence-electron chi connectivity index (χ3n) is 1.09. The minimum Gasteiger partial charge on any atom is -0.298 e. The van der Waals surface area contributed by atoms with Crippen LogP contribution in [0.3, 0.4) is 0 Å². The molecule has 0 saturated carbocycles. The molecule has 1 aliphatic heterocycles. The molecule has 0 aromatic carbocycles. The Balaban J connectivity index is 2.53. The molecule has 4 heteroatoms. The molecule has 1 saturated heterocycles. The highest BCUT2D eigenvalue weighted by Crippen LogP contribution is 2.06. The third-order valence-corrected chi connectivity index (χ3v) is 1.77. The van der Waals surface area contributed by atoms with Crippen molar-refractivity contribution in [1.82, 2.24) is 3.11 Å². The second kappa shape index (κ2) is 2.74. The molecule has 0 N–H and O–H groups in total. The van der Waals surface area contributed by atoms with Gasteiger partial charge in [-0.3, -0.25) is 9.59 Å². The van der Waals surface area contributed by atoms with Crippen LogP contribution >= 0.6 is 22.9 Å². The van der Waals surface area contributed by atoms with Gasteiger partial charge >= 0.3 is 0 Å². The number of Topliss-reactive ketones (excluding diaryl/α,β-unsaturated/α-hetero) is 2. The Morgan fingerprint density at radius 3 is 2.00 bits per heavy atom. The Kier molecular flexibility index (Phi) is 2.18. The summed E-state index contributed by atoms with van der Waals surface area (Å²) in [6, 6.07) is 0. The Labute approximate surface area is 66.9 Å². The molecule has 0 bridgehead atoms. The number of halogens is 1. The Morgan fingerprint density at radius 1 is 1.22 bits per heavy atom. The lowest BCUT2D eigenvalue weighted by Gasteiger charge is -2.16. The largest absolute Gasteiger partial charge is 0.298 e. The summed E-state index contributed by atoms with van der Waals surface area (Å²) in [5, 5.41) is 0. The van der Waals surface area contributed by atoms with E-state index in [9.17, 15) is 9.59 Å². The number of rotatable bonds is 0. The second-order valence-electron chi connectivity index (χ2n) is 2.03. The van der Waals surface area contributed by atoms with Gasteiger partial charge in [0.05, 0.1) is 19.5 Å². The number of hydrogen-bond acceptors (Lipinski definition) is 3. The normalized spacial score (nSPS) is 22.8. The predicted molar refractivity (Wildman–Crippen MR) is 40.2 cm³/mol. The summed E-state index contributed by atoms with van der Waals surface area (Å²) in [4.78, 5) is 21.2. The van der Waals surface area contributed by atoms with Crippen LogP contribution in [-0.4, -0.2) is 27.8 Å². The molecule has 1 aliphatic rings. The highest BCUT2D eigenvalue weighted by atomic mass is 127. The summed E-state index contributed by atoms with van der Waals surface area (Å²) < 4.78 is 1.70. The lowest BCUT2D eigenvalue weighted by Crippen LogP contribution is -2.34. The van der Waals surface area contributed by atoms with Crippen molar-refractivity contribution in [3.05, 3.63) is 0 Å². The zero-order valence-corrected chi connectivity index (χ0v) is 6.92.